The zero-order valence-electron chi connectivity index (χ0n) is 40.6. The summed E-state index contributed by atoms with van der Waals surface area (Å²) in [7, 11) is 0. The molecular formula is C68H40N6S2. The minimum Gasteiger partial charge on any atom is -0.309 e. The number of hydrogen-bond acceptors (Lipinski definition) is 6. The standard InChI is InChI=1S/C68H40N6S2/c1-5-19-41(20-6-1)66-70-67(42-21-7-2-8-22-42)72-68(71-66)54-35-43(46-29-17-33-59-63(46)52-36-57-50(38-61(52)75-59)47-27-13-15-31-55(47)73(57)44-23-9-3-10-24-44)40-69-65(54)49-30-18-34-60-64(49)53-37-58-51(39-62(53)76-60)48-28-14-16-32-56(48)74(58)45-25-11-4-12-26-45/h1-40H. The highest BCUT2D eigenvalue weighted by atomic mass is 32.1. The fourth-order valence-electron chi connectivity index (χ4n) is 11.6. The minimum atomic E-state index is 0.552. The number of pyridine rings is 1. The predicted octanol–water partition coefficient (Wildman–Crippen LogP) is 18.5. The number of para-hydroxylation sites is 4. The number of hydrogen-bond donors (Lipinski definition) is 0. The van der Waals surface area contributed by atoms with Crippen LogP contribution in [-0.4, -0.2) is 29.1 Å². The van der Waals surface area contributed by atoms with Gasteiger partial charge in [-0.25, -0.2) is 15.0 Å². The van der Waals surface area contributed by atoms with E-state index in [1.54, 1.807) is 0 Å². The topological polar surface area (TPSA) is 61.4 Å². The Kier molecular flexibility index (Phi) is 9.57. The smallest absolute Gasteiger partial charge is 0.166 e. The fourth-order valence-corrected chi connectivity index (χ4v) is 14.0. The Labute approximate surface area is 443 Å². The Morgan fingerprint density at radius 3 is 1.26 bits per heavy atom. The van der Waals surface area contributed by atoms with Gasteiger partial charge < -0.3 is 9.13 Å². The van der Waals surface area contributed by atoms with Crippen molar-refractivity contribution >= 4 is 107 Å². The summed E-state index contributed by atoms with van der Waals surface area (Å²) in [6.45, 7) is 0. The number of thiophene rings is 2. The third kappa shape index (κ3) is 6.64. The molecule has 0 radical (unpaired) electrons. The van der Waals surface area contributed by atoms with Crippen molar-refractivity contribution in [3.05, 3.63) is 243 Å². The average Bonchev–Trinajstić information content (AvgIpc) is 4.26. The van der Waals surface area contributed by atoms with E-state index in [-0.39, 0.29) is 0 Å². The number of fused-ring (bicyclic) bond motifs is 12. The molecule has 0 amide bonds. The summed E-state index contributed by atoms with van der Waals surface area (Å²) in [6, 6.07) is 84.5. The number of nitrogens with zero attached hydrogens (tertiary/aromatic N) is 6. The highest BCUT2D eigenvalue weighted by Gasteiger charge is 2.24. The first-order valence-corrected chi connectivity index (χ1v) is 27.1. The van der Waals surface area contributed by atoms with Crippen molar-refractivity contribution < 1.29 is 0 Å². The monoisotopic (exact) mass is 1000 g/mol. The van der Waals surface area contributed by atoms with Gasteiger partial charge in [-0.05, 0) is 84.4 Å². The average molecular weight is 1010 g/mol. The van der Waals surface area contributed by atoms with Crippen LogP contribution in [0.15, 0.2) is 243 Å². The molecule has 6 nitrogen and oxygen atoms in total. The first kappa shape index (κ1) is 42.9. The van der Waals surface area contributed by atoms with Gasteiger partial charge in [-0.15, -0.1) is 22.7 Å². The molecule has 0 N–H and O–H groups in total. The molecule has 354 valence electrons. The van der Waals surface area contributed by atoms with Crippen molar-refractivity contribution in [2.75, 3.05) is 0 Å². The van der Waals surface area contributed by atoms with E-state index in [0.29, 0.717) is 17.5 Å². The number of rotatable bonds is 7. The molecule has 0 aliphatic rings. The van der Waals surface area contributed by atoms with E-state index in [9.17, 15) is 0 Å². The Balaban J connectivity index is 0.973. The Morgan fingerprint density at radius 1 is 0.289 bits per heavy atom. The highest BCUT2D eigenvalue weighted by Crippen LogP contribution is 2.48. The van der Waals surface area contributed by atoms with Gasteiger partial charge in [0.25, 0.3) is 0 Å². The molecule has 6 aromatic heterocycles. The van der Waals surface area contributed by atoms with Crippen LogP contribution in [0.25, 0.3) is 152 Å². The van der Waals surface area contributed by atoms with Crippen LogP contribution in [0.5, 0.6) is 0 Å². The van der Waals surface area contributed by atoms with Crippen LogP contribution in [0.4, 0.5) is 0 Å². The zero-order chi connectivity index (χ0) is 49.8. The molecular weight excluding hydrogens is 965 g/mol. The van der Waals surface area contributed by atoms with Crippen LogP contribution >= 0.6 is 22.7 Å². The lowest BCUT2D eigenvalue weighted by atomic mass is 9.95. The third-order valence-corrected chi connectivity index (χ3v) is 17.2. The second-order valence-corrected chi connectivity index (χ2v) is 21.5. The molecule has 0 saturated carbocycles. The van der Waals surface area contributed by atoms with E-state index in [1.807, 2.05) is 59.1 Å². The van der Waals surface area contributed by atoms with Gasteiger partial charge in [0, 0.05) is 107 Å². The molecule has 0 atom stereocenters. The summed E-state index contributed by atoms with van der Waals surface area (Å²) >= 11 is 3.67. The molecule has 8 heteroatoms. The summed E-state index contributed by atoms with van der Waals surface area (Å²) in [6.07, 6.45) is 2.06. The maximum Gasteiger partial charge on any atom is 0.166 e. The van der Waals surface area contributed by atoms with Crippen LogP contribution in [0.3, 0.4) is 0 Å². The van der Waals surface area contributed by atoms with Gasteiger partial charge in [0.1, 0.15) is 0 Å². The predicted molar refractivity (Wildman–Crippen MR) is 319 cm³/mol. The van der Waals surface area contributed by atoms with E-state index >= 15 is 0 Å². The lowest BCUT2D eigenvalue weighted by Crippen LogP contribution is -2.02. The quantitative estimate of drug-likeness (QED) is 0.160. The lowest BCUT2D eigenvalue weighted by Gasteiger charge is -2.15. The molecule has 76 heavy (non-hydrogen) atoms. The van der Waals surface area contributed by atoms with Crippen LogP contribution in [0.1, 0.15) is 0 Å². The van der Waals surface area contributed by atoms with Gasteiger partial charge in [0.2, 0.25) is 0 Å². The van der Waals surface area contributed by atoms with Crippen molar-refractivity contribution in [1.82, 2.24) is 29.1 Å². The number of benzene rings is 10. The van der Waals surface area contributed by atoms with Crippen molar-refractivity contribution in [3.8, 4) is 67.9 Å². The second kappa shape index (κ2) is 17.0. The Hall–Kier alpha value is -9.60. The molecule has 0 unspecified atom stereocenters. The van der Waals surface area contributed by atoms with Crippen LogP contribution in [0.2, 0.25) is 0 Å². The number of aromatic nitrogens is 6. The molecule has 0 spiro atoms. The van der Waals surface area contributed by atoms with Crippen LogP contribution in [-0.2, 0) is 0 Å². The maximum absolute atomic E-state index is 5.61. The molecule has 0 aliphatic carbocycles. The normalized spacial score (nSPS) is 11.9. The van der Waals surface area contributed by atoms with E-state index in [4.69, 9.17) is 19.9 Å². The van der Waals surface area contributed by atoms with Crippen molar-refractivity contribution in [1.29, 1.82) is 0 Å². The SMILES string of the molecule is c1ccc(-c2nc(-c3ccccc3)nc(-c3cc(-c4cccc5sc6cc7c8ccccc8n(-c8ccccc8)c7cc6c45)cnc3-c3cccc4sc5cc6c7ccccc7n(-c7ccccc7)c6cc5c34)n2)cc1. The molecule has 6 heterocycles. The van der Waals surface area contributed by atoms with Gasteiger partial charge in [-0.3, -0.25) is 4.98 Å². The molecule has 0 saturated heterocycles. The van der Waals surface area contributed by atoms with Crippen molar-refractivity contribution in [2.24, 2.45) is 0 Å². The van der Waals surface area contributed by atoms with Gasteiger partial charge in [-0.1, -0.05) is 158 Å². The Morgan fingerprint density at radius 2 is 0.737 bits per heavy atom. The van der Waals surface area contributed by atoms with Gasteiger partial charge in [-0.2, -0.15) is 0 Å². The summed E-state index contributed by atoms with van der Waals surface area (Å²) in [5.74, 6) is 1.75. The van der Waals surface area contributed by atoms with E-state index in [0.717, 1.165) is 61.4 Å². The molecule has 10 aromatic carbocycles. The first-order valence-electron chi connectivity index (χ1n) is 25.4. The third-order valence-electron chi connectivity index (χ3n) is 15.0. The van der Waals surface area contributed by atoms with Crippen molar-refractivity contribution in [3.63, 3.8) is 0 Å². The molecule has 0 aliphatic heterocycles. The molecule has 16 aromatic rings. The first-order chi connectivity index (χ1) is 37.7. The van der Waals surface area contributed by atoms with E-state index < -0.39 is 0 Å². The molecule has 16 rings (SSSR count). The molecule has 0 bridgehead atoms. The highest BCUT2D eigenvalue weighted by molar-refractivity contribution is 7.26. The summed E-state index contributed by atoms with van der Waals surface area (Å²) in [5, 5.41) is 9.68. The summed E-state index contributed by atoms with van der Waals surface area (Å²) < 4.78 is 9.67. The maximum atomic E-state index is 5.61. The van der Waals surface area contributed by atoms with Gasteiger partial charge in [0.05, 0.1) is 27.8 Å². The van der Waals surface area contributed by atoms with Gasteiger partial charge >= 0.3 is 0 Å². The fraction of sp³-hybridized carbons (Fsp3) is 0. The van der Waals surface area contributed by atoms with Crippen molar-refractivity contribution in [2.45, 2.75) is 0 Å². The van der Waals surface area contributed by atoms with E-state index in [2.05, 4.69) is 216 Å². The summed E-state index contributed by atoms with van der Waals surface area (Å²) in [5.41, 5.74) is 13.5. The van der Waals surface area contributed by atoms with Gasteiger partial charge in [0.15, 0.2) is 17.5 Å². The zero-order valence-corrected chi connectivity index (χ0v) is 42.2. The summed E-state index contributed by atoms with van der Waals surface area (Å²) in [4.78, 5) is 21.5. The van der Waals surface area contributed by atoms with Crippen LogP contribution in [0, 0.1) is 0 Å². The molecule has 0 fully saturated rings. The largest absolute Gasteiger partial charge is 0.309 e. The lowest BCUT2D eigenvalue weighted by molar-refractivity contribution is 1.07. The second-order valence-electron chi connectivity index (χ2n) is 19.3. The van der Waals surface area contributed by atoms with E-state index in [1.165, 1.54) is 73.1 Å². The minimum absolute atomic E-state index is 0.552. The van der Waals surface area contributed by atoms with Crippen LogP contribution < -0.4 is 0 Å². The Bertz CT molecular complexity index is 4920.